The first-order valence-corrected chi connectivity index (χ1v) is 8.82. The lowest BCUT2D eigenvalue weighted by atomic mass is 10.2. The van der Waals surface area contributed by atoms with E-state index in [4.69, 9.17) is 11.6 Å². The summed E-state index contributed by atoms with van der Waals surface area (Å²) in [6, 6.07) is 12.9. The quantitative estimate of drug-likeness (QED) is 0.556. The van der Waals surface area contributed by atoms with E-state index in [0.29, 0.717) is 33.3 Å². The van der Waals surface area contributed by atoms with Crippen molar-refractivity contribution >= 4 is 23.2 Å². The van der Waals surface area contributed by atoms with Crippen molar-refractivity contribution in [2.24, 2.45) is 0 Å². The standard InChI is InChI=1S/C20H15ClFN5O/c1-13-17(12-24-27(13)16-6-4-15(22)5-7-16)20(28)25-18-11-14(21)3-8-19(18)26-10-2-9-23-26/h2-12H,1H3,(H,25,28). The summed E-state index contributed by atoms with van der Waals surface area (Å²) < 4.78 is 16.4. The molecular formula is C20H15ClFN5O. The highest BCUT2D eigenvalue weighted by Crippen LogP contribution is 2.25. The topological polar surface area (TPSA) is 64.7 Å². The predicted molar refractivity (Wildman–Crippen MR) is 105 cm³/mol. The van der Waals surface area contributed by atoms with Crippen LogP contribution in [-0.2, 0) is 0 Å². The summed E-state index contributed by atoms with van der Waals surface area (Å²) in [7, 11) is 0. The average Bonchev–Trinajstić information content (AvgIpc) is 3.33. The summed E-state index contributed by atoms with van der Waals surface area (Å²) >= 11 is 6.11. The monoisotopic (exact) mass is 395 g/mol. The van der Waals surface area contributed by atoms with Crippen molar-refractivity contribution in [2.45, 2.75) is 6.92 Å². The molecule has 4 rings (SSSR count). The summed E-state index contributed by atoms with van der Waals surface area (Å²) in [5, 5.41) is 11.8. The van der Waals surface area contributed by atoms with Gasteiger partial charge in [-0.05, 0) is 55.5 Å². The van der Waals surface area contributed by atoms with Gasteiger partial charge >= 0.3 is 0 Å². The summed E-state index contributed by atoms with van der Waals surface area (Å²) in [5.74, 6) is -0.667. The summed E-state index contributed by atoms with van der Waals surface area (Å²) in [6.07, 6.45) is 4.90. The van der Waals surface area contributed by atoms with Crippen LogP contribution in [0.2, 0.25) is 5.02 Å². The zero-order valence-corrected chi connectivity index (χ0v) is 15.6. The molecule has 0 saturated carbocycles. The van der Waals surface area contributed by atoms with Gasteiger partial charge in [-0.2, -0.15) is 10.2 Å². The van der Waals surface area contributed by atoms with Crippen molar-refractivity contribution in [3.8, 4) is 11.4 Å². The molecule has 8 heteroatoms. The van der Waals surface area contributed by atoms with E-state index >= 15 is 0 Å². The van der Waals surface area contributed by atoms with Crippen LogP contribution in [0, 0.1) is 12.7 Å². The number of carbonyl (C=O) groups is 1. The first-order valence-electron chi connectivity index (χ1n) is 8.44. The van der Waals surface area contributed by atoms with Gasteiger partial charge in [0.1, 0.15) is 5.82 Å². The van der Waals surface area contributed by atoms with Crippen molar-refractivity contribution in [3.05, 3.63) is 89.2 Å². The number of rotatable bonds is 4. The molecule has 2 aromatic carbocycles. The second-order valence-corrected chi connectivity index (χ2v) is 6.53. The van der Waals surface area contributed by atoms with Crippen molar-refractivity contribution in [1.82, 2.24) is 19.6 Å². The van der Waals surface area contributed by atoms with Crippen LogP contribution in [0.25, 0.3) is 11.4 Å². The molecular weight excluding hydrogens is 381 g/mol. The average molecular weight is 396 g/mol. The van der Waals surface area contributed by atoms with Crippen LogP contribution in [0.4, 0.5) is 10.1 Å². The molecule has 6 nitrogen and oxygen atoms in total. The van der Waals surface area contributed by atoms with E-state index < -0.39 is 0 Å². The number of halogens is 2. The summed E-state index contributed by atoms with van der Waals surface area (Å²) in [4.78, 5) is 12.9. The van der Waals surface area contributed by atoms with E-state index in [-0.39, 0.29) is 11.7 Å². The molecule has 28 heavy (non-hydrogen) atoms. The minimum Gasteiger partial charge on any atom is -0.320 e. The highest BCUT2D eigenvalue weighted by molar-refractivity contribution is 6.31. The fraction of sp³-hybridized carbons (Fsp3) is 0.0500. The minimum absolute atomic E-state index is 0.332. The van der Waals surface area contributed by atoms with Gasteiger partial charge in [-0.1, -0.05) is 11.6 Å². The van der Waals surface area contributed by atoms with E-state index in [1.54, 1.807) is 65.1 Å². The number of nitrogens with zero attached hydrogens (tertiary/aromatic N) is 4. The maximum absolute atomic E-state index is 13.2. The molecule has 0 spiro atoms. The van der Waals surface area contributed by atoms with Gasteiger partial charge < -0.3 is 5.32 Å². The first kappa shape index (κ1) is 17.9. The molecule has 140 valence electrons. The zero-order chi connectivity index (χ0) is 19.7. The molecule has 0 atom stereocenters. The Morgan fingerprint density at radius 1 is 1.14 bits per heavy atom. The Kier molecular flexibility index (Phi) is 4.67. The van der Waals surface area contributed by atoms with E-state index in [9.17, 15) is 9.18 Å². The lowest BCUT2D eigenvalue weighted by Gasteiger charge is -2.12. The van der Waals surface area contributed by atoms with E-state index in [2.05, 4.69) is 15.5 Å². The SMILES string of the molecule is Cc1c(C(=O)Nc2cc(Cl)ccc2-n2cccn2)cnn1-c1ccc(F)cc1. The number of hydrogen-bond acceptors (Lipinski definition) is 3. The fourth-order valence-electron chi connectivity index (χ4n) is 2.88. The Labute approximate surface area is 165 Å². The number of hydrogen-bond donors (Lipinski definition) is 1. The molecule has 0 saturated heterocycles. The van der Waals surface area contributed by atoms with Crippen LogP contribution in [0.3, 0.4) is 0 Å². The third-order valence-corrected chi connectivity index (χ3v) is 4.52. The molecule has 0 aliphatic heterocycles. The number of carbonyl (C=O) groups excluding carboxylic acids is 1. The highest BCUT2D eigenvalue weighted by atomic mass is 35.5. The molecule has 0 aliphatic carbocycles. The maximum Gasteiger partial charge on any atom is 0.259 e. The van der Waals surface area contributed by atoms with Gasteiger partial charge in [0.05, 0.1) is 34.5 Å². The predicted octanol–water partition coefficient (Wildman–Crippen LogP) is 4.41. The molecule has 2 heterocycles. The van der Waals surface area contributed by atoms with E-state index in [1.165, 1.54) is 18.3 Å². The number of aromatic nitrogens is 4. The van der Waals surface area contributed by atoms with E-state index in [1.807, 2.05) is 0 Å². The Hall–Kier alpha value is -3.45. The minimum atomic E-state index is -0.335. The van der Waals surface area contributed by atoms with Crippen molar-refractivity contribution in [3.63, 3.8) is 0 Å². The number of anilines is 1. The Balaban J connectivity index is 1.65. The van der Waals surface area contributed by atoms with Gasteiger partial charge in [0, 0.05) is 17.4 Å². The Morgan fingerprint density at radius 3 is 2.64 bits per heavy atom. The first-order chi connectivity index (χ1) is 13.5. The van der Waals surface area contributed by atoms with Gasteiger partial charge in [0.15, 0.2) is 0 Å². The highest BCUT2D eigenvalue weighted by Gasteiger charge is 2.17. The summed E-state index contributed by atoms with van der Waals surface area (Å²) in [6.45, 7) is 1.78. The maximum atomic E-state index is 13.2. The van der Waals surface area contributed by atoms with Crippen LogP contribution in [0.5, 0.6) is 0 Å². The lowest BCUT2D eigenvalue weighted by Crippen LogP contribution is -2.15. The van der Waals surface area contributed by atoms with Crippen LogP contribution >= 0.6 is 11.6 Å². The third-order valence-electron chi connectivity index (χ3n) is 4.28. The smallest absolute Gasteiger partial charge is 0.259 e. The van der Waals surface area contributed by atoms with Crippen molar-refractivity contribution in [1.29, 1.82) is 0 Å². The number of nitrogens with one attached hydrogen (secondary N) is 1. The summed E-state index contributed by atoms with van der Waals surface area (Å²) in [5.41, 5.74) is 2.90. The Bertz CT molecular complexity index is 1140. The van der Waals surface area contributed by atoms with Gasteiger partial charge in [-0.25, -0.2) is 13.8 Å². The zero-order valence-electron chi connectivity index (χ0n) is 14.8. The second kappa shape index (κ2) is 7.28. The van der Waals surface area contributed by atoms with Crippen molar-refractivity contribution < 1.29 is 9.18 Å². The van der Waals surface area contributed by atoms with Crippen LogP contribution in [0.15, 0.2) is 67.1 Å². The second-order valence-electron chi connectivity index (χ2n) is 6.10. The largest absolute Gasteiger partial charge is 0.320 e. The van der Waals surface area contributed by atoms with Gasteiger partial charge in [0.25, 0.3) is 5.91 Å². The van der Waals surface area contributed by atoms with Crippen LogP contribution < -0.4 is 5.32 Å². The molecule has 0 aliphatic rings. The molecule has 0 unspecified atom stereocenters. The molecule has 1 N–H and O–H groups in total. The lowest BCUT2D eigenvalue weighted by molar-refractivity contribution is 0.102. The Morgan fingerprint density at radius 2 is 1.93 bits per heavy atom. The molecule has 4 aromatic rings. The molecule has 2 aromatic heterocycles. The third kappa shape index (κ3) is 3.39. The van der Waals surface area contributed by atoms with Gasteiger partial charge in [-0.3, -0.25) is 4.79 Å². The number of benzene rings is 2. The van der Waals surface area contributed by atoms with Crippen LogP contribution in [0.1, 0.15) is 16.1 Å². The molecule has 0 fully saturated rings. The van der Waals surface area contributed by atoms with Crippen molar-refractivity contribution in [2.75, 3.05) is 5.32 Å². The fourth-order valence-corrected chi connectivity index (χ4v) is 3.06. The number of amides is 1. The molecule has 1 amide bonds. The van der Waals surface area contributed by atoms with Crippen LogP contribution in [-0.4, -0.2) is 25.5 Å². The van der Waals surface area contributed by atoms with Gasteiger partial charge in [-0.15, -0.1) is 0 Å². The van der Waals surface area contributed by atoms with E-state index in [0.717, 1.165) is 0 Å². The van der Waals surface area contributed by atoms with Gasteiger partial charge in [0.2, 0.25) is 0 Å². The normalized spacial score (nSPS) is 10.8. The molecule has 0 bridgehead atoms. The molecule has 0 radical (unpaired) electrons.